The van der Waals surface area contributed by atoms with Gasteiger partial charge in [0.15, 0.2) is 0 Å². The van der Waals surface area contributed by atoms with Crippen LogP contribution >= 0.6 is 23.2 Å². The zero-order valence-electron chi connectivity index (χ0n) is 9.51. The van der Waals surface area contributed by atoms with Gasteiger partial charge in [-0.2, -0.15) is 0 Å². The summed E-state index contributed by atoms with van der Waals surface area (Å²) in [7, 11) is 0. The number of hydrogen-bond acceptors (Lipinski definition) is 3. The molecule has 7 heteroatoms. The van der Waals surface area contributed by atoms with E-state index in [9.17, 15) is 14.9 Å². The van der Waals surface area contributed by atoms with Crippen LogP contribution < -0.4 is 0 Å². The summed E-state index contributed by atoms with van der Waals surface area (Å²) in [4.78, 5) is 23.5. The van der Waals surface area contributed by atoms with Gasteiger partial charge in [0, 0.05) is 42.5 Å². The molecule has 0 radical (unpaired) electrons. The molecule has 18 heavy (non-hydrogen) atoms. The van der Waals surface area contributed by atoms with Crippen LogP contribution in [-0.4, -0.2) is 40.6 Å². The van der Waals surface area contributed by atoms with Gasteiger partial charge in [-0.05, 0) is 12.1 Å². The number of hydrogen-bond donors (Lipinski definition) is 0. The van der Waals surface area contributed by atoms with Crippen LogP contribution in [0.25, 0.3) is 0 Å². The fraction of sp³-hybridized carbons (Fsp3) is 0.364. The molecule has 0 unspecified atom stereocenters. The van der Waals surface area contributed by atoms with Crippen LogP contribution in [0.1, 0.15) is 10.4 Å². The first-order valence-corrected chi connectivity index (χ1v) is 6.32. The Labute approximate surface area is 114 Å². The predicted molar refractivity (Wildman–Crippen MR) is 70.4 cm³/mol. The average Bonchev–Trinajstić information content (AvgIpc) is 2.38. The zero-order chi connectivity index (χ0) is 13.5. The Kier molecular flexibility index (Phi) is 5.88. The fourth-order valence-corrected chi connectivity index (χ4v) is 1.84. The Morgan fingerprint density at radius 1 is 1.17 bits per heavy atom. The summed E-state index contributed by atoms with van der Waals surface area (Å²) < 4.78 is 0. The molecule has 0 aromatic heterocycles. The number of nitro benzene ring substituents is 1. The number of amides is 1. The number of non-ortho nitro benzene ring substituents is 1. The summed E-state index contributed by atoms with van der Waals surface area (Å²) in [6.45, 7) is 0.786. The molecule has 0 spiro atoms. The standard InChI is InChI=1S/C11H12Cl2N2O3/c12-5-7-14(8-6-13)11(16)9-1-3-10(4-2-9)15(17)18/h1-4H,5-8H2. The van der Waals surface area contributed by atoms with Gasteiger partial charge in [0.05, 0.1) is 4.92 Å². The van der Waals surface area contributed by atoms with Crippen LogP contribution in [0.2, 0.25) is 0 Å². The van der Waals surface area contributed by atoms with E-state index in [1.165, 1.54) is 29.2 Å². The van der Waals surface area contributed by atoms with Crippen LogP contribution in [0.4, 0.5) is 5.69 Å². The lowest BCUT2D eigenvalue weighted by Gasteiger charge is -2.20. The van der Waals surface area contributed by atoms with Gasteiger partial charge in [0.1, 0.15) is 0 Å². The van der Waals surface area contributed by atoms with E-state index in [1.807, 2.05) is 0 Å². The molecule has 0 saturated carbocycles. The van der Waals surface area contributed by atoms with Gasteiger partial charge in [0.25, 0.3) is 11.6 Å². The molecular weight excluding hydrogens is 279 g/mol. The van der Waals surface area contributed by atoms with Gasteiger partial charge < -0.3 is 4.90 Å². The molecule has 0 atom stereocenters. The third-order valence-corrected chi connectivity index (χ3v) is 2.66. The molecule has 1 amide bonds. The Morgan fingerprint density at radius 2 is 1.67 bits per heavy atom. The summed E-state index contributed by atoms with van der Waals surface area (Å²) in [6, 6.07) is 5.45. The molecule has 1 aromatic rings. The van der Waals surface area contributed by atoms with Crippen molar-refractivity contribution in [1.82, 2.24) is 4.90 Å². The number of alkyl halides is 2. The van der Waals surface area contributed by atoms with E-state index in [0.717, 1.165) is 0 Å². The van der Waals surface area contributed by atoms with Gasteiger partial charge in [-0.15, -0.1) is 23.2 Å². The van der Waals surface area contributed by atoms with Gasteiger partial charge in [-0.1, -0.05) is 0 Å². The smallest absolute Gasteiger partial charge is 0.269 e. The van der Waals surface area contributed by atoms with Crippen molar-refractivity contribution in [1.29, 1.82) is 0 Å². The van der Waals surface area contributed by atoms with Crippen molar-refractivity contribution in [2.24, 2.45) is 0 Å². The third kappa shape index (κ3) is 3.85. The maximum absolute atomic E-state index is 12.0. The van der Waals surface area contributed by atoms with Crippen molar-refractivity contribution in [2.45, 2.75) is 0 Å². The second-order valence-corrected chi connectivity index (χ2v) is 4.23. The number of rotatable bonds is 6. The lowest BCUT2D eigenvalue weighted by Crippen LogP contribution is -2.34. The molecular formula is C11H12Cl2N2O3. The number of carbonyl (C=O) groups excluding carboxylic acids is 1. The first kappa shape index (κ1) is 14.7. The highest BCUT2D eigenvalue weighted by Crippen LogP contribution is 2.13. The van der Waals surface area contributed by atoms with Crippen molar-refractivity contribution in [3.05, 3.63) is 39.9 Å². The van der Waals surface area contributed by atoms with E-state index in [4.69, 9.17) is 23.2 Å². The molecule has 0 aliphatic carbocycles. The van der Waals surface area contributed by atoms with Crippen LogP contribution in [0, 0.1) is 10.1 Å². The van der Waals surface area contributed by atoms with E-state index in [-0.39, 0.29) is 11.6 Å². The number of halogens is 2. The van der Waals surface area contributed by atoms with Crippen molar-refractivity contribution in [3.63, 3.8) is 0 Å². The highest BCUT2D eigenvalue weighted by molar-refractivity contribution is 6.18. The molecule has 0 fully saturated rings. The molecule has 0 N–H and O–H groups in total. The van der Waals surface area contributed by atoms with Crippen molar-refractivity contribution < 1.29 is 9.72 Å². The monoisotopic (exact) mass is 290 g/mol. The van der Waals surface area contributed by atoms with E-state index in [0.29, 0.717) is 30.4 Å². The summed E-state index contributed by atoms with van der Waals surface area (Å²) >= 11 is 11.2. The van der Waals surface area contributed by atoms with Crippen molar-refractivity contribution in [3.8, 4) is 0 Å². The Balaban J connectivity index is 2.84. The van der Waals surface area contributed by atoms with E-state index >= 15 is 0 Å². The number of nitro groups is 1. The van der Waals surface area contributed by atoms with E-state index < -0.39 is 4.92 Å². The van der Waals surface area contributed by atoms with Crippen LogP contribution in [0.15, 0.2) is 24.3 Å². The summed E-state index contributed by atoms with van der Waals surface area (Å²) in [6.07, 6.45) is 0. The summed E-state index contributed by atoms with van der Waals surface area (Å²) in [5.41, 5.74) is 0.337. The molecule has 98 valence electrons. The zero-order valence-corrected chi connectivity index (χ0v) is 11.0. The minimum Gasteiger partial charge on any atom is -0.336 e. The van der Waals surface area contributed by atoms with Gasteiger partial charge in [-0.25, -0.2) is 0 Å². The van der Waals surface area contributed by atoms with Crippen molar-refractivity contribution in [2.75, 3.05) is 24.8 Å². The second kappa shape index (κ2) is 7.18. The molecule has 1 rings (SSSR count). The maximum atomic E-state index is 12.0. The highest BCUT2D eigenvalue weighted by atomic mass is 35.5. The second-order valence-electron chi connectivity index (χ2n) is 3.47. The molecule has 0 bridgehead atoms. The lowest BCUT2D eigenvalue weighted by atomic mass is 10.2. The topological polar surface area (TPSA) is 63.4 Å². The van der Waals surface area contributed by atoms with Gasteiger partial charge in [-0.3, -0.25) is 14.9 Å². The first-order valence-electron chi connectivity index (χ1n) is 5.25. The third-order valence-electron chi connectivity index (χ3n) is 2.32. The molecule has 1 aromatic carbocycles. The molecule has 0 saturated heterocycles. The number of benzene rings is 1. The predicted octanol–water partition coefficient (Wildman–Crippen LogP) is 2.51. The SMILES string of the molecule is O=C(c1ccc([N+](=O)[O-])cc1)N(CCCl)CCCl. The normalized spacial score (nSPS) is 10.1. The van der Waals surface area contributed by atoms with E-state index in [1.54, 1.807) is 0 Å². The highest BCUT2D eigenvalue weighted by Gasteiger charge is 2.15. The maximum Gasteiger partial charge on any atom is 0.269 e. The van der Waals surface area contributed by atoms with Crippen molar-refractivity contribution >= 4 is 34.8 Å². The number of carbonyl (C=O) groups is 1. The Morgan fingerprint density at radius 3 is 2.06 bits per heavy atom. The molecule has 0 heterocycles. The van der Waals surface area contributed by atoms with Crippen LogP contribution in [-0.2, 0) is 0 Å². The Bertz CT molecular complexity index is 417. The largest absolute Gasteiger partial charge is 0.336 e. The average molecular weight is 291 g/mol. The minimum atomic E-state index is -0.510. The summed E-state index contributed by atoms with van der Waals surface area (Å²) in [5.74, 6) is 0.400. The van der Waals surface area contributed by atoms with E-state index in [2.05, 4.69) is 0 Å². The molecule has 0 aliphatic rings. The minimum absolute atomic E-state index is 0.0483. The summed E-state index contributed by atoms with van der Waals surface area (Å²) in [5, 5.41) is 10.5. The van der Waals surface area contributed by atoms with Crippen LogP contribution in [0.5, 0.6) is 0 Å². The van der Waals surface area contributed by atoms with Gasteiger partial charge >= 0.3 is 0 Å². The first-order chi connectivity index (χ1) is 8.60. The molecule has 5 nitrogen and oxygen atoms in total. The Hall–Kier alpha value is -1.33. The quantitative estimate of drug-likeness (QED) is 0.459. The fourth-order valence-electron chi connectivity index (χ4n) is 1.43. The lowest BCUT2D eigenvalue weighted by molar-refractivity contribution is -0.384. The number of nitrogens with zero attached hydrogens (tertiary/aromatic N) is 2. The van der Waals surface area contributed by atoms with Crippen LogP contribution in [0.3, 0.4) is 0 Å². The van der Waals surface area contributed by atoms with Gasteiger partial charge in [0.2, 0.25) is 0 Å². The molecule has 0 aliphatic heterocycles.